The molecule has 2 amide bonds. The largest absolute Gasteiger partial charge is 0.366 e. The van der Waals surface area contributed by atoms with Gasteiger partial charge in [0.05, 0.1) is 23.1 Å². The Hall–Kier alpha value is -3.87. The van der Waals surface area contributed by atoms with E-state index in [1.807, 2.05) is 6.07 Å². The maximum Gasteiger partial charge on any atom is 0.259 e. The normalized spacial score (nSPS) is 16.3. The van der Waals surface area contributed by atoms with Crippen LogP contribution in [-0.2, 0) is 4.79 Å². The molecule has 1 spiro atoms. The van der Waals surface area contributed by atoms with Gasteiger partial charge in [0.1, 0.15) is 23.1 Å². The van der Waals surface area contributed by atoms with Crippen molar-refractivity contribution in [3.8, 4) is 17.2 Å². The summed E-state index contributed by atoms with van der Waals surface area (Å²) in [6.45, 7) is 1.73. The fraction of sp³-hybridized carbons (Fsp3) is 0.192. The standard InChI is InChI=1S/C26H19ClFN5O2S/c1-14-11-15(13-31-19(14)12-29)32-24(35)26(9-4-10-26)33(25(32)36)20-8-7-17(23(30)34)22(28)21(20)16-5-2-3-6-18(16)27/h2-3,5-8,11,13H,4,9-10H2,1H3,(H2,30,34). The third kappa shape index (κ3) is 3.37. The number of nitrogens with two attached hydrogens (primary N) is 1. The van der Waals surface area contributed by atoms with Crippen molar-refractivity contribution in [2.45, 2.75) is 31.7 Å². The number of benzene rings is 2. The molecule has 180 valence electrons. The van der Waals surface area contributed by atoms with Crippen LogP contribution in [-0.4, -0.2) is 27.4 Å². The molecule has 3 aromatic rings. The predicted molar refractivity (Wildman–Crippen MR) is 138 cm³/mol. The van der Waals surface area contributed by atoms with Gasteiger partial charge in [0.2, 0.25) is 0 Å². The van der Waals surface area contributed by atoms with Crippen LogP contribution < -0.4 is 15.5 Å². The smallest absolute Gasteiger partial charge is 0.259 e. The van der Waals surface area contributed by atoms with Crippen molar-refractivity contribution in [1.82, 2.24) is 4.98 Å². The van der Waals surface area contributed by atoms with E-state index in [4.69, 9.17) is 29.6 Å². The molecule has 2 heterocycles. The minimum Gasteiger partial charge on any atom is -0.366 e. The second-order valence-corrected chi connectivity index (χ2v) is 9.55. The average molecular weight is 520 g/mol. The van der Waals surface area contributed by atoms with Crippen molar-refractivity contribution < 1.29 is 14.0 Å². The van der Waals surface area contributed by atoms with Crippen LogP contribution >= 0.6 is 23.8 Å². The fourth-order valence-electron chi connectivity index (χ4n) is 4.85. The second kappa shape index (κ2) is 8.66. The molecule has 0 radical (unpaired) electrons. The number of pyridine rings is 1. The van der Waals surface area contributed by atoms with Crippen molar-refractivity contribution in [2.24, 2.45) is 5.73 Å². The zero-order chi connectivity index (χ0) is 25.8. The lowest BCUT2D eigenvalue weighted by Gasteiger charge is -2.43. The Balaban J connectivity index is 1.73. The number of hydrogen-bond donors (Lipinski definition) is 1. The molecule has 7 nitrogen and oxygen atoms in total. The summed E-state index contributed by atoms with van der Waals surface area (Å²) in [6.07, 6.45) is 3.22. The number of amides is 2. The molecule has 1 saturated heterocycles. The molecule has 0 atom stereocenters. The van der Waals surface area contributed by atoms with Gasteiger partial charge in [-0.3, -0.25) is 14.5 Å². The topological polar surface area (TPSA) is 103 Å². The van der Waals surface area contributed by atoms with E-state index in [0.717, 1.165) is 6.42 Å². The number of hydrogen-bond acceptors (Lipinski definition) is 5. The number of carbonyl (C=O) groups is 2. The third-order valence-corrected chi connectivity index (χ3v) is 7.48. The van der Waals surface area contributed by atoms with Crippen molar-refractivity contribution >= 4 is 52.1 Å². The Morgan fingerprint density at radius 1 is 1.28 bits per heavy atom. The summed E-state index contributed by atoms with van der Waals surface area (Å²) in [6, 6.07) is 13.2. The first-order valence-corrected chi connectivity index (χ1v) is 11.9. The van der Waals surface area contributed by atoms with E-state index in [9.17, 15) is 14.9 Å². The molecule has 36 heavy (non-hydrogen) atoms. The molecule has 1 saturated carbocycles. The average Bonchev–Trinajstić information content (AvgIpc) is 3.05. The van der Waals surface area contributed by atoms with E-state index >= 15 is 4.39 Å². The molecule has 0 bridgehead atoms. The summed E-state index contributed by atoms with van der Waals surface area (Å²) in [4.78, 5) is 33.0. The predicted octanol–water partition coefficient (Wildman–Crippen LogP) is 4.88. The number of aryl methyl sites for hydroxylation is 1. The van der Waals surface area contributed by atoms with Gasteiger partial charge < -0.3 is 10.6 Å². The molecule has 5 rings (SSSR count). The molecule has 10 heteroatoms. The van der Waals surface area contributed by atoms with Crippen molar-refractivity contribution in [2.75, 3.05) is 9.80 Å². The van der Waals surface area contributed by atoms with E-state index in [2.05, 4.69) is 4.98 Å². The number of halogens is 2. The molecule has 1 aliphatic carbocycles. The molecule has 2 fully saturated rings. The highest BCUT2D eigenvalue weighted by atomic mass is 35.5. The minimum atomic E-state index is -1.02. The van der Waals surface area contributed by atoms with Gasteiger partial charge in [-0.05, 0) is 68.2 Å². The Bertz CT molecular complexity index is 1510. The summed E-state index contributed by atoms with van der Waals surface area (Å²) < 4.78 is 15.9. The van der Waals surface area contributed by atoms with Crippen LogP contribution in [0.1, 0.15) is 40.9 Å². The number of anilines is 2. The minimum absolute atomic E-state index is 0.0364. The van der Waals surface area contributed by atoms with E-state index in [1.54, 1.807) is 48.2 Å². The van der Waals surface area contributed by atoms with Crippen LogP contribution in [0.4, 0.5) is 15.8 Å². The fourth-order valence-corrected chi connectivity index (χ4v) is 5.54. The van der Waals surface area contributed by atoms with Crippen LogP contribution in [0.15, 0.2) is 48.7 Å². The van der Waals surface area contributed by atoms with Crippen LogP contribution in [0, 0.1) is 24.1 Å². The highest BCUT2D eigenvalue weighted by Crippen LogP contribution is 2.51. The van der Waals surface area contributed by atoms with Crippen LogP contribution in [0.3, 0.4) is 0 Å². The first-order valence-electron chi connectivity index (χ1n) is 11.1. The van der Waals surface area contributed by atoms with Crippen molar-refractivity contribution in [1.29, 1.82) is 5.26 Å². The molecule has 1 aromatic heterocycles. The van der Waals surface area contributed by atoms with E-state index < -0.39 is 17.3 Å². The van der Waals surface area contributed by atoms with Gasteiger partial charge in [0.15, 0.2) is 5.11 Å². The van der Waals surface area contributed by atoms with E-state index in [0.29, 0.717) is 35.3 Å². The number of thiocarbonyl (C=S) groups is 1. The third-order valence-electron chi connectivity index (χ3n) is 6.79. The van der Waals surface area contributed by atoms with Crippen LogP contribution in [0.25, 0.3) is 11.1 Å². The summed E-state index contributed by atoms with van der Waals surface area (Å²) in [5, 5.41) is 9.65. The van der Waals surface area contributed by atoms with Gasteiger partial charge in [0.25, 0.3) is 11.8 Å². The van der Waals surface area contributed by atoms with Gasteiger partial charge in [-0.25, -0.2) is 9.37 Å². The number of carbonyl (C=O) groups excluding carboxylic acids is 2. The lowest BCUT2D eigenvalue weighted by atomic mass is 9.75. The molecule has 2 aromatic carbocycles. The second-order valence-electron chi connectivity index (χ2n) is 8.78. The molecular weight excluding hydrogens is 501 g/mol. The number of primary amides is 1. The van der Waals surface area contributed by atoms with Crippen molar-refractivity contribution in [3.05, 3.63) is 76.3 Å². The number of nitrogens with zero attached hydrogens (tertiary/aromatic N) is 4. The Labute approximate surface area is 216 Å². The Morgan fingerprint density at radius 2 is 2.00 bits per heavy atom. The Kier molecular flexibility index (Phi) is 5.74. The van der Waals surface area contributed by atoms with Crippen LogP contribution in [0.5, 0.6) is 0 Å². The van der Waals surface area contributed by atoms with Gasteiger partial charge in [0, 0.05) is 16.1 Å². The number of rotatable bonds is 4. The number of aromatic nitrogens is 1. The molecule has 2 N–H and O–H groups in total. The zero-order valence-electron chi connectivity index (χ0n) is 19.1. The molecule has 1 aliphatic heterocycles. The highest BCUT2D eigenvalue weighted by Gasteiger charge is 2.60. The zero-order valence-corrected chi connectivity index (χ0v) is 20.7. The van der Waals surface area contributed by atoms with Crippen LogP contribution in [0.2, 0.25) is 5.02 Å². The molecule has 0 unspecified atom stereocenters. The lowest BCUT2D eigenvalue weighted by Crippen LogP contribution is -2.55. The highest BCUT2D eigenvalue weighted by molar-refractivity contribution is 7.81. The summed E-state index contributed by atoms with van der Waals surface area (Å²) in [5.41, 5.74) is 6.07. The molecule has 2 aliphatic rings. The van der Waals surface area contributed by atoms with E-state index in [-0.39, 0.29) is 32.9 Å². The number of nitriles is 1. The van der Waals surface area contributed by atoms with Gasteiger partial charge in [-0.1, -0.05) is 29.8 Å². The maximum atomic E-state index is 15.9. The van der Waals surface area contributed by atoms with E-state index in [1.165, 1.54) is 17.2 Å². The summed E-state index contributed by atoms with van der Waals surface area (Å²) >= 11 is 12.3. The molecular formula is C26H19ClFN5O2S. The first kappa shape index (κ1) is 23.9. The summed E-state index contributed by atoms with van der Waals surface area (Å²) in [7, 11) is 0. The lowest BCUT2D eigenvalue weighted by molar-refractivity contribution is -0.123. The van der Waals surface area contributed by atoms with Gasteiger partial charge >= 0.3 is 0 Å². The first-order chi connectivity index (χ1) is 17.2. The summed E-state index contributed by atoms with van der Waals surface area (Å²) in [5.74, 6) is -2.02. The van der Waals surface area contributed by atoms with Gasteiger partial charge in [-0.2, -0.15) is 5.26 Å². The Morgan fingerprint density at radius 3 is 2.58 bits per heavy atom. The van der Waals surface area contributed by atoms with Crippen molar-refractivity contribution in [3.63, 3.8) is 0 Å². The van der Waals surface area contributed by atoms with Gasteiger partial charge in [-0.15, -0.1) is 0 Å². The quantitative estimate of drug-likeness (QED) is 0.493. The maximum absolute atomic E-state index is 15.9. The SMILES string of the molecule is Cc1cc(N2C(=O)C3(CCC3)N(c3ccc(C(N)=O)c(F)c3-c3ccccc3Cl)C2=S)cnc1C#N. The monoisotopic (exact) mass is 519 g/mol.